The van der Waals surface area contributed by atoms with Crippen LogP contribution in [0.5, 0.6) is 11.5 Å². The fourth-order valence-corrected chi connectivity index (χ4v) is 2.67. The molecule has 1 heterocycles. The molecule has 126 valence electrons. The summed E-state index contributed by atoms with van der Waals surface area (Å²) >= 11 is 5.94. The van der Waals surface area contributed by atoms with E-state index < -0.39 is 0 Å². The number of likely N-dealkylation sites (N-methyl/N-ethyl adjacent to an activating group) is 1. The maximum absolute atomic E-state index is 12.4. The Kier molecular flexibility index (Phi) is 4.92. The highest BCUT2D eigenvalue weighted by Gasteiger charge is 2.20. The average Bonchev–Trinajstić information content (AvgIpc) is 3.01. The van der Waals surface area contributed by atoms with E-state index in [1.54, 1.807) is 18.2 Å². The van der Waals surface area contributed by atoms with Gasteiger partial charge in [-0.1, -0.05) is 23.7 Å². The molecule has 5 nitrogen and oxygen atoms in total. The highest BCUT2D eigenvalue weighted by atomic mass is 35.5. The SMILES string of the molecule is CC(C(=O)Nc1cccc(Cl)c1)N(C)Cc1ccc2c(c1)OCO2. The van der Waals surface area contributed by atoms with Crippen molar-refractivity contribution in [2.75, 3.05) is 19.2 Å². The Balaban J connectivity index is 1.61. The second-order valence-electron chi connectivity index (χ2n) is 5.78. The van der Waals surface area contributed by atoms with E-state index in [2.05, 4.69) is 5.32 Å². The number of benzene rings is 2. The van der Waals surface area contributed by atoms with E-state index in [0.29, 0.717) is 17.3 Å². The number of anilines is 1. The zero-order chi connectivity index (χ0) is 17.1. The van der Waals surface area contributed by atoms with Crippen LogP contribution >= 0.6 is 11.6 Å². The standard InChI is InChI=1S/C18H19ClN2O3/c1-12(18(22)20-15-5-3-4-14(19)9-15)21(2)10-13-6-7-16-17(8-13)24-11-23-16/h3-9,12H,10-11H2,1-2H3,(H,20,22). The molecular formula is C18H19ClN2O3. The van der Waals surface area contributed by atoms with E-state index in [0.717, 1.165) is 17.1 Å². The van der Waals surface area contributed by atoms with Crippen molar-refractivity contribution in [3.05, 3.63) is 53.1 Å². The van der Waals surface area contributed by atoms with Gasteiger partial charge in [-0.2, -0.15) is 0 Å². The lowest BCUT2D eigenvalue weighted by atomic mass is 10.1. The molecule has 0 aromatic heterocycles. The maximum Gasteiger partial charge on any atom is 0.241 e. The van der Waals surface area contributed by atoms with Crippen LogP contribution in [0.4, 0.5) is 5.69 Å². The molecule has 0 bridgehead atoms. The average molecular weight is 347 g/mol. The summed E-state index contributed by atoms with van der Waals surface area (Å²) in [6, 6.07) is 12.6. The quantitative estimate of drug-likeness (QED) is 0.899. The summed E-state index contributed by atoms with van der Waals surface area (Å²) in [7, 11) is 1.91. The highest BCUT2D eigenvalue weighted by Crippen LogP contribution is 2.32. The van der Waals surface area contributed by atoms with Gasteiger partial charge in [0.25, 0.3) is 0 Å². The van der Waals surface area contributed by atoms with Crippen molar-refractivity contribution >= 4 is 23.2 Å². The lowest BCUT2D eigenvalue weighted by Crippen LogP contribution is -2.39. The van der Waals surface area contributed by atoms with E-state index in [1.807, 2.05) is 43.1 Å². The van der Waals surface area contributed by atoms with Crippen LogP contribution < -0.4 is 14.8 Å². The second-order valence-corrected chi connectivity index (χ2v) is 6.21. The molecule has 0 saturated heterocycles. The third-order valence-corrected chi connectivity index (χ3v) is 4.24. The van der Waals surface area contributed by atoms with Gasteiger partial charge in [-0.25, -0.2) is 0 Å². The van der Waals surface area contributed by atoms with Gasteiger partial charge >= 0.3 is 0 Å². The van der Waals surface area contributed by atoms with Crippen molar-refractivity contribution < 1.29 is 14.3 Å². The van der Waals surface area contributed by atoms with Crippen LogP contribution in [0.2, 0.25) is 5.02 Å². The second kappa shape index (κ2) is 7.11. The molecule has 1 unspecified atom stereocenters. The normalized spacial score (nSPS) is 13.8. The van der Waals surface area contributed by atoms with Crippen molar-refractivity contribution in [1.82, 2.24) is 4.90 Å². The van der Waals surface area contributed by atoms with E-state index in [-0.39, 0.29) is 18.7 Å². The number of rotatable bonds is 5. The fourth-order valence-electron chi connectivity index (χ4n) is 2.48. The maximum atomic E-state index is 12.4. The fraction of sp³-hybridized carbons (Fsp3) is 0.278. The Morgan fingerprint density at radius 3 is 2.83 bits per heavy atom. The Hall–Kier alpha value is -2.24. The van der Waals surface area contributed by atoms with Crippen molar-refractivity contribution in [1.29, 1.82) is 0 Å². The van der Waals surface area contributed by atoms with E-state index in [4.69, 9.17) is 21.1 Å². The molecule has 1 aliphatic rings. The third-order valence-electron chi connectivity index (χ3n) is 4.00. The van der Waals surface area contributed by atoms with Crippen molar-refractivity contribution in [2.24, 2.45) is 0 Å². The minimum atomic E-state index is -0.297. The van der Waals surface area contributed by atoms with Crippen LogP contribution in [0.3, 0.4) is 0 Å². The van der Waals surface area contributed by atoms with E-state index >= 15 is 0 Å². The number of carbonyl (C=O) groups excluding carboxylic acids is 1. The molecule has 2 aromatic carbocycles. The topological polar surface area (TPSA) is 50.8 Å². The van der Waals surface area contributed by atoms with Gasteiger partial charge in [0.2, 0.25) is 12.7 Å². The minimum Gasteiger partial charge on any atom is -0.454 e. The summed E-state index contributed by atoms with van der Waals surface area (Å²) in [6.45, 7) is 2.75. The molecule has 1 N–H and O–H groups in total. The number of amides is 1. The number of nitrogens with one attached hydrogen (secondary N) is 1. The van der Waals surface area contributed by atoms with Gasteiger partial charge in [0.15, 0.2) is 11.5 Å². The molecule has 1 atom stereocenters. The first-order valence-corrected chi connectivity index (χ1v) is 8.06. The molecule has 0 spiro atoms. The van der Waals surface area contributed by atoms with Crippen LogP contribution in [0.25, 0.3) is 0 Å². The van der Waals surface area contributed by atoms with Crippen LogP contribution in [-0.4, -0.2) is 30.7 Å². The van der Waals surface area contributed by atoms with Crippen molar-refractivity contribution in [3.63, 3.8) is 0 Å². The lowest BCUT2D eigenvalue weighted by Gasteiger charge is -2.24. The van der Waals surface area contributed by atoms with Crippen LogP contribution in [-0.2, 0) is 11.3 Å². The highest BCUT2D eigenvalue weighted by molar-refractivity contribution is 6.30. The minimum absolute atomic E-state index is 0.0829. The Morgan fingerprint density at radius 2 is 2.04 bits per heavy atom. The summed E-state index contributed by atoms with van der Waals surface area (Å²) in [5.74, 6) is 1.42. The lowest BCUT2D eigenvalue weighted by molar-refractivity contribution is -0.120. The number of carbonyl (C=O) groups is 1. The van der Waals surface area contributed by atoms with Gasteiger partial charge in [0, 0.05) is 17.3 Å². The Labute approximate surface area is 146 Å². The van der Waals surface area contributed by atoms with Crippen LogP contribution in [0.15, 0.2) is 42.5 Å². The first-order chi connectivity index (χ1) is 11.5. The summed E-state index contributed by atoms with van der Waals surface area (Å²) in [4.78, 5) is 14.4. The molecule has 2 aromatic rings. The molecule has 6 heteroatoms. The van der Waals surface area contributed by atoms with Crippen LogP contribution in [0, 0.1) is 0 Å². The van der Waals surface area contributed by atoms with Gasteiger partial charge < -0.3 is 14.8 Å². The molecule has 0 fully saturated rings. The zero-order valence-corrected chi connectivity index (χ0v) is 14.3. The first kappa shape index (κ1) is 16.6. The number of hydrogen-bond acceptors (Lipinski definition) is 4. The molecule has 0 aliphatic carbocycles. The largest absolute Gasteiger partial charge is 0.454 e. The summed E-state index contributed by atoms with van der Waals surface area (Å²) in [5.41, 5.74) is 1.75. The predicted molar refractivity (Wildman–Crippen MR) is 93.6 cm³/mol. The predicted octanol–water partition coefficient (Wildman–Crippen LogP) is 3.53. The third kappa shape index (κ3) is 3.80. The summed E-state index contributed by atoms with van der Waals surface area (Å²) in [5, 5.41) is 3.47. The Bertz CT molecular complexity index is 751. The number of ether oxygens (including phenoxy) is 2. The van der Waals surface area contributed by atoms with Gasteiger partial charge in [0.05, 0.1) is 6.04 Å². The molecule has 1 amide bonds. The first-order valence-electron chi connectivity index (χ1n) is 7.68. The van der Waals surface area contributed by atoms with E-state index in [1.165, 1.54) is 0 Å². The van der Waals surface area contributed by atoms with Gasteiger partial charge in [-0.15, -0.1) is 0 Å². The molecule has 0 saturated carbocycles. The number of fused-ring (bicyclic) bond motifs is 1. The van der Waals surface area contributed by atoms with Crippen LogP contribution in [0.1, 0.15) is 12.5 Å². The van der Waals surface area contributed by atoms with Crippen molar-refractivity contribution in [2.45, 2.75) is 19.5 Å². The van der Waals surface area contributed by atoms with E-state index in [9.17, 15) is 4.79 Å². The van der Waals surface area contributed by atoms with Gasteiger partial charge in [-0.05, 0) is 49.9 Å². The monoisotopic (exact) mass is 346 g/mol. The van der Waals surface area contributed by atoms with Crippen molar-refractivity contribution in [3.8, 4) is 11.5 Å². The molecule has 1 aliphatic heterocycles. The molecule has 0 radical (unpaired) electrons. The number of nitrogens with zero attached hydrogens (tertiary/aromatic N) is 1. The summed E-state index contributed by atoms with van der Waals surface area (Å²) in [6.07, 6.45) is 0. The smallest absolute Gasteiger partial charge is 0.241 e. The number of halogens is 1. The Morgan fingerprint density at radius 1 is 1.25 bits per heavy atom. The summed E-state index contributed by atoms with van der Waals surface area (Å²) < 4.78 is 10.7. The number of hydrogen-bond donors (Lipinski definition) is 1. The molecular weight excluding hydrogens is 328 g/mol. The van der Waals surface area contributed by atoms with Gasteiger partial charge in [-0.3, -0.25) is 9.69 Å². The molecule has 24 heavy (non-hydrogen) atoms. The zero-order valence-electron chi connectivity index (χ0n) is 13.6. The molecule has 3 rings (SSSR count). The van der Waals surface area contributed by atoms with Gasteiger partial charge in [0.1, 0.15) is 0 Å².